The van der Waals surface area contributed by atoms with Gasteiger partial charge in [0.1, 0.15) is 11.3 Å². The Hall–Kier alpha value is -2.30. The molecule has 0 saturated heterocycles. The summed E-state index contributed by atoms with van der Waals surface area (Å²) in [6, 6.07) is 5.39. The summed E-state index contributed by atoms with van der Waals surface area (Å²) in [4.78, 5) is 25.3. The Labute approximate surface area is 161 Å². The molecule has 5 heteroatoms. The maximum absolute atomic E-state index is 12.8. The number of methoxy groups -OCH3 is 1. The van der Waals surface area contributed by atoms with E-state index in [0.29, 0.717) is 29.2 Å². The van der Waals surface area contributed by atoms with Gasteiger partial charge in [-0.15, -0.1) is 0 Å². The maximum atomic E-state index is 12.8. The minimum absolute atomic E-state index is 0.0647. The van der Waals surface area contributed by atoms with Crippen LogP contribution in [0.15, 0.2) is 22.6 Å². The fourth-order valence-corrected chi connectivity index (χ4v) is 2.84. The molecule has 1 aromatic heterocycles. The standard InChI is InChI=1S/C22H31NO4/c1-7-14(2)20(25)21-17(13-19(24)23-11-10-22(3,4)5)16-12-15(26-6)8-9-18(16)27-21/h8-9,12,14H,7,10-11,13H2,1-6H3,(H,23,24). The van der Waals surface area contributed by atoms with Crippen molar-refractivity contribution in [2.24, 2.45) is 11.3 Å². The molecule has 5 nitrogen and oxygen atoms in total. The van der Waals surface area contributed by atoms with Crippen LogP contribution < -0.4 is 10.1 Å². The average molecular weight is 373 g/mol. The lowest BCUT2D eigenvalue weighted by molar-refractivity contribution is -0.120. The molecule has 1 aromatic carbocycles. The normalized spacial score (nSPS) is 12.8. The third-order valence-electron chi connectivity index (χ3n) is 4.82. The summed E-state index contributed by atoms with van der Waals surface area (Å²) in [7, 11) is 1.59. The summed E-state index contributed by atoms with van der Waals surface area (Å²) in [5.41, 5.74) is 1.39. The van der Waals surface area contributed by atoms with Gasteiger partial charge < -0.3 is 14.5 Å². The number of furan rings is 1. The van der Waals surface area contributed by atoms with E-state index in [9.17, 15) is 9.59 Å². The van der Waals surface area contributed by atoms with Crippen molar-refractivity contribution < 1.29 is 18.7 Å². The zero-order valence-corrected chi connectivity index (χ0v) is 17.3. The number of carbonyl (C=O) groups excluding carboxylic acids is 2. The van der Waals surface area contributed by atoms with E-state index in [1.165, 1.54) is 0 Å². The first-order valence-electron chi connectivity index (χ1n) is 9.56. The van der Waals surface area contributed by atoms with Crippen molar-refractivity contribution in [2.45, 2.75) is 53.9 Å². The highest BCUT2D eigenvalue weighted by Crippen LogP contribution is 2.31. The minimum atomic E-state index is -0.157. The number of ether oxygens (including phenoxy) is 1. The Bertz CT molecular complexity index is 814. The van der Waals surface area contributed by atoms with Gasteiger partial charge in [0.05, 0.1) is 13.5 Å². The lowest BCUT2D eigenvalue weighted by atomic mass is 9.92. The van der Waals surface area contributed by atoms with E-state index < -0.39 is 0 Å². The predicted molar refractivity (Wildman–Crippen MR) is 107 cm³/mol. The maximum Gasteiger partial charge on any atom is 0.224 e. The number of carbonyl (C=O) groups is 2. The van der Waals surface area contributed by atoms with Crippen LogP contribution in [0, 0.1) is 11.3 Å². The van der Waals surface area contributed by atoms with E-state index in [1.54, 1.807) is 19.2 Å². The highest BCUT2D eigenvalue weighted by molar-refractivity contribution is 6.03. The van der Waals surface area contributed by atoms with Crippen LogP contribution in [0.5, 0.6) is 5.75 Å². The van der Waals surface area contributed by atoms with Gasteiger partial charge in [0.2, 0.25) is 11.7 Å². The molecule has 0 aliphatic rings. The number of Topliss-reactive ketones (excluding diaryl/α,β-unsaturated/α-hetero) is 1. The Balaban J connectivity index is 2.33. The monoisotopic (exact) mass is 373 g/mol. The molecule has 0 aliphatic heterocycles. The number of rotatable bonds is 8. The van der Waals surface area contributed by atoms with Crippen LogP contribution in [0.25, 0.3) is 11.0 Å². The molecule has 0 saturated carbocycles. The topological polar surface area (TPSA) is 68.5 Å². The molecular weight excluding hydrogens is 342 g/mol. The summed E-state index contributed by atoms with van der Waals surface area (Å²) in [6.07, 6.45) is 1.72. The summed E-state index contributed by atoms with van der Waals surface area (Å²) in [5.74, 6) is 0.627. The van der Waals surface area contributed by atoms with Crippen molar-refractivity contribution in [2.75, 3.05) is 13.7 Å². The smallest absolute Gasteiger partial charge is 0.224 e. The fourth-order valence-electron chi connectivity index (χ4n) is 2.84. The SMILES string of the molecule is CCC(C)C(=O)c1oc2ccc(OC)cc2c1CC(=O)NCCC(C)(C)C. The lowest BCUT2D eigenvalue weighted by Crippen LogP contribution is -2.29. The Morgan fingerprint density at radius 2 is 1.96 bits per heavy atom. The van der Waals surface area contributed by atoms with E-state index in [0.717, 1.165) is 18.2 Å². The van der Waals surface area contributed by atoms with Crippen molar-refractivity contribution in [3.05, 3.63) is 29.5 Å². The van der Waals surface area contributed by atoms with E-state index in [4.69, 9.17) is 9.15 Å². The first-order chi connectivity index (χ1) is 12.7. The molecule has 1 unspecified atom stereocenters. The number of benzene rings is 1. The molecule has 0 radical (unpaired) electrons. The van der Waals surface area contributed by atoms with Gasteiger partial charge in [0.25, 0.3) is 0 Å². The second kappa shape index (κ2) is 8.59. The molecule has 27 heavy (non-hydrogen) atoms. The average Bonchev–Trinajstić information content (AvgIpc) is 2.96. The Morgan fingerprint density at radius 1 is 1.26 bits per heavy atom. The van der Waals surface area contributed by atoms with Gasteiger partial charge in [0, 0.05) is 23.4 Å². The summed E-state index contributed by atoms with van der Waals surface area (Å²) >= 11 is 0. The minimum Gasteiger partial charge on any atom is -0.497 e. The predicted octanol–water partition coefficient (Wildman–Crippen LogP) is 4.77. The Morgan fingerprint density at radius 3 is 2.56 bits per heavy atom. The van der Waals surface area contributed by atoms with Gasteiger partial charge in [-0.1, -0.05) is 34.6 Å². The number of ketones is 1. The van der Waals surface area contributed by atoms with Gasteiger partial charge >= 0.3 is 0 Å². The number of hydrogen-bond donors (Lipinski definition) is 1. The number of fused-ring (bicyclic) bond motifs is 1. The molecule has 0 aliphatic carbocycles. The molecule has 0 spiro atoms. The van der Waals surface area contributed by atoms with Crippen LogP contribution in [-0.4, -0.2) is 25.3 Å². The number of nitrogens with one attached hydrogen (secondary N) is 1. The summed E-state index contributed by atoms with van der Waals surface area (Å²) in [6.45, 7) is 10.9. The number of amides is 1. The van der Waals surface area contributed by atoms with E-state index in [-0.39, 0.29) is 29.4 Å². The molecule has 0 fully saturated rings. The fraction of sp³-hybridized carbons (Fsp3) is 0.545. The third-order valence-corrected chi connectivity index (χ3v) is 4.82. The zero-order valence-electron chi connectivity index (χ0n) is 17.3. The van der Waals surface area contributed by atoms with E-state index in [2.05, 4.69) is 26.1 Å². The molecule has 1 amide bonds. The van der Waals surface area contributed by atoms with Gasteiger partial charge in [-0.05, 0) is 36.5 Å². The first-order valence-corrected chi connectivity index (χ1v) is 9.56. The molecule has 0 bridgehead atoms. The van der Waals surface area contributed by atoms with E-state index in [1.807, 2.05) is 19.9 Å². The van der Waals surface area contributed by atoms with Crippen LogP contribution in [0.2, 0.25) is 0 Å². The van der Waals surface area contributed by atoms with Gasteiger partial charge in [-0.3, -0.25) is 9.59 Å². The van der Waals surface area contributed by atoms with Crippen LogP contribution in [-0.2, 0) is 11.2 Å². The molecule has 2 rings (SSSR count). The molecular formula is C22H31NO4. The highest BCUT2D eigenvalue weighted by Gasteiger charge is 2.25. The molecule has 2 aromatic rings. The van der Waals surface area contributed by atoms with Crippen LogP contribution >= 0.6 is 0 Å². The molecule has 1 heterocycles. The zero-order chi connectivity index (χ0) is 20.2. The largest absolute Gasteiger partial charge is 0.497 e. The van der Waals surface area contributed by atoms with Crippen molar-refractivity contribution in [1.29, 1.82) is 0 Å². The van der Waals surface area contributed by atoms with Crippen LogP contribution in [0.3, 0.4) is 0 Å². The quantitative estimate of drug-likeness (QED) is 0.677. The van der Waals surface area contributed by atoms with Crippen molar-refractivity contribution >= 4 is 22.7 Å². The second-order valence-electron chi connectivity index (χ2n) is 8.28. The van der Waals surface area contributed by atoms with E-state index >= 15 is 0 Å². The Kier molecular flexibility index (Phi) is 6.68. The summed E-state index contributed by atoms with van der Waals surface area (Å²) < 4.78 is 11.2. The summed E-state index contributed by atoms with van der Waals surface area (Å²) in [5, 5.41) is 3.71. The number of hydrogen-bond acceptors (Lipinski definition) is 4. The van der Waals surface area contributed by atoms with Crippen LogP contribution in [0.4, 0.5) is 0 Å². The first kappa shape index (κ1) is 21.0. The van der Waals surface area contributed by atoms with Crippen molar-refractivity contribution in [3.63, 3.8) is 0 Å². The second-order valence-corrected chi connectivity index (χ2v) is 8.28. The van der Waals surface area contributed by atoms with Crippen LogP contribution in [0.1, 0.15) is 63.6 Å². The third kappa shape index (κ3) is 5.34. The van der Waals surface area contributed by atoms with Gasteiger partial charge in [0.15, 0.2) is 5.76 Å². The van der Waals surface area contributed by atoms with Gasteiger partial charge in [-0.25, -0.2) is 0 Å². The van der Waals surface area contributed by atoms with Gasteiger partial charge in [-0.2, -0.15) is 0 Å². The van der Waals surface area contributed by atoms with Crippen molar-refractivity contribution in [3.8, 4) is 5.75 Å². The molecule has 1 N–H and O–H groups in total. The van der Waals surface area contributed by atoms with Crippen molar-refractivity contribution in [1.82, 2.24) is 5.32 Å². The lowest BCUT2D eigenvalue weighted by Gasteiger charge is -2.18. The highest BCUT2D eigenvalue weighted by atomic mass is 16.5. The molecule has 148 valence electrons. The molecule has 1 atom stereocenters.